The molecule has 0 fully saturated rings. The van der Waals surface area contributed by atoms with Crippen LogP contribution >= 0.6 is 0 Å². The van der Waals surface area contributed by atoms with Gasteiger partial charge in [0.05, 0.1) is 4.92 Å². The van der Waals surface area contributed by atoms with Gasteiger partial charge in [-0.2, -0.15) is 0 Å². The maximum Gasteiger partial charge on any atom is 0.339 e. The fourth-order valence-corrected chi connectivity index (χ4v) is 1.76. The molecule has 0 spiro atoms. The number of nitrogens with zero attached hydrogens (tertiary/aromatic N) is 1. The fourth-order valence-electron chi connectivity index (χ4n) is 1.76. The number of non-ortho nitro benzene ring substituents is 1. The van der Waals surface area contributed by atoms with Crippen LogP contribution in [0.2, 0.25) is 0 Å². The Hall–Kier alpha value is -3.15. The molecule has 0 radical (unpaired) electrons. The highest BCUT2D eigenvalue weighted by Crippen LogP contribution is 2.19. The van der Waals surface area contributed by atoms with Crippen molar-refractivity contribution in [2.75, 3.05) is 5.73 Å². The monoisotopic (exact) mass is 298 g/mol. The van der Waals surface area contributed by atoms with Crippen molar-refractivity contribution < 1.29 is 14.5 Å². The van der Waals surface area contributed by atoms with E-state index in [0.29, 0.717) is 11.3 Å². The van der Waals surface area contributed by atoms with Gasteiger partial charge in [0.2, 0.25) is 0 Å². The molecule has 0 bridgehead atoms. The lowest BCUT2D eigenvalue weighted by atomic mass is 10.1. The van der Waals surface area contributed by atoms with Crippen molar-refractivity contribution in [3.8, 4) is 5.75 Å². The van der Waals surface area contributed by atoms with Gasteiger partial charge in [0.25, 0.3) is 5.69 Å². The van der Waals surface area contributed by atoms with Crippen LogP contribution < -0.4 is 10.5 Å². The maximum atomic E-state index is 12.0. The molecule has 6 heteroatoms. The maximum absolute atomic E-state index is 12.0. The van der Waals surface area contributed by atoms with Crippen molar-refractivity contribution in [3.05, 3.63) is 69.8 Å². The van der Waals surface area contributed by atoms with E-state index in [0.717, 1.165) is 5.56 Å². The summed E-state index contributed by atoms with van der Waals surface area (Å²) in [7, 11) is 0. The van der Waals surface area contributed by atoms with Gasteiger partial charge in [0.1, 0.15) is 5.75 Å². The molecule has 2 rings (SSSR count). The van der Waals surface area contributed by atoms with Crippen LogP contribution in [-0.4, -0.2) is 10.9 Å². The summed E-state index contributed by atoms with van der Waals surface area (Å²) < 4.78 is 5.15. The van der Waals surface area contributed by atoms with E-state index in [4.69, 9.17) is 10.5 Å². The Bertz CT molecular complexity index is 736. The zero-order valence-electron chi connectivity index (χ0n) is 11.9. The number of hydrogen-bond acceptors (Lipinski definition) is 5. The molecular weight excluding hydrogens is 284 g/mol. The van der Waals surface area contributed by atoms with Gasteiger partial charge in [0.15, 0.2) is 0 Å². The Morgan fingerprint density at radius 3 is 2.41 bits per heavy atom. The summed E-state index contributed by atoms with van der Waals surface area (Å²) in [6, 6.07) is 12.4. The molecule has 0 aliphatic carbocycles. The van der Waals surface area contributed by atoms with Gasteiger partial charge >= 0.3 is 5.97 Å². The number of ether oxygens (including phenoxy) is 1. The number of para-hydroxylation sites is 1. The van der Waals surface area contributed by atoms with Gasteiger partial charge in [-0.15, -0.1) is 0 Å². The van der Waals surface area contributed by atoms with Crippen LogP contribution in [-0.2, 0) is 4.79 Å². The minimum absolute atomic E-state index is 0.0656. The number of nitro benzene ring substituents is 1. The molecule has 0 aromatic heterocycles. The average molecular weight is 298 g/mol. The molecule has 112 valence electrons. The highest BCUT2D eigenvalue weighted by atomic mass is 16.6. The van der Waals surface area contributed by atoms with E-state index in [2.05, 4.69) is 0 Å². The first kappa shape index (κ1) is 15.2. The molecule has 0 aliphatic rings. The Morgan fingerprint density at radius 2 is 1.82 bits per heavy atom. The molecule has 6 nitrogen and oxygen atoms in total. The predicted octanol–water partition coefficient (Wildman–Crippen LogP) is 3.19. The summed E-state index contributed by atoms with van der Waals surface area (Å²) in [5, 5.41) is 10.6. The highest BCUT2D eigenvalue weighted by Gasteiger charge is 2.10. The molecule has 22 heavy (non-hydrogen) atoms. The van der Waals surface area contributed by atoms with Crippen LogP contribution in [0.3, 0.4) is 0 Å². The molecule has 0 amide bonds. The second-order valence-corrected chi connectivity index (χ2v) is 4.60. The minimum atomic E-state index is -0.544. The topological polar surface area (TPSA) is 95.5 Å². The lowest BCUT2D eigenvalue weighted by molar-refractivity contribution is -0.384. The third kappa shape index (κ3) is 3.69. The summed E-state index contributed by atoms with van der Waals surface area (Å²) in [6.45, 7) is 1.61. The first-order valence-electron chi connectivity index (χ1n) is 6.47. The van der Waals surface area contributed by atoms with Gasteiger partial charge in [0, 0.05) is 23.4 Å². The quantitative estimate of drug-likeness (QED) is 0.233. The summed E-state index contributed by atoms with van der Waals surface area (Å²) in [6.07, 6.45) is 1.63. The summed E-state index contributed by atoms with van der Waals surface area (Å²) in [4.78, 5) is 22.0. The number of rotatable bonds is 4. The smallest absolute Gasteiger partial charge is 0.339 e. The van der Waals surface area contributed by atoms with Gasteiger partial charge < -0.3 is 10.5 Å². The molecule has 0 atom stereocenters. The number of anilines is 1. The number of hydrogen-bond donors (Lipinski definition) is 1. The summed E-state index contributed by atoms with van der Waals surface area (Å²) in [5.41, 5.74) is 7.39. The van der Waals surface area contributed by atoms with E-state index >= 15 is 0 Å². The highest BCUT2D eigenvalue weighted by molar-refractivity contribution is 5.95. The van der Waals surface area contributed by atoms with Crippen LogP contribution in [0.1, 0.15) is 12.5 Å². The number of benzene rings is 2. The Balaban J connectivity index is 2.11. The number of carbonyl (C=O) groups excluding carboxylic acids is 1. The van der Waals surface area contributed by atoms with E-state index in [-0.39, 0.29) is 11.4 Å². The Labute approximate surface area is 127 Å². The van der Waals surface area contributed by atoms with Crippen LogP contribution in [0, 0.1) is 10.1 Å². The lowest BCUT2D eigenvalue weighted by Crippen LogP contribution is -2.09. The number of nitrogens with two attached hydrogens (primary N) is 1. The van der Waals surface area contributed by atoms with E-state index in [1.54, 1.807) is 31.2 Å². The second kappa shape index (κ2) is 6.53. The van der Waals surface area contributed by atoms with Crippen molar-refractivity contribution in [3.63, 3.8) is 0 Å². The SMILES string of the molecule is C/C(=C\c1ccccc1N)C(=O)Oc1ccc([N+](=O)[O-])cc1. The Morgan fingerprint density at radius 1 is 1.18 bits per heavy atom. The largest absolute Gasteiger partial charge is 0.423 e. The van der Waals surface area contributed by atoms with E-state index in [1.807, 2.05) is 6.07 Å². The van der Waals surface area contributed by atoms with Crippen molar-refractivity contribution in [1.29, 1.82) is 0 Å². The molecule has 0 saturated carbocycles. The summed E-state index contributed by atoms with van der Waals surface area (Å²) in [5.74, 6) is -0.304. The number of nitro groups is 1. The van der Waals surface area contributed by atoms with Crippen molar-refractivity contribution in [2.45, 2.75) is 6.92 Å². The molecule has 0 heterocycles. The zero-order chi connectivity index (χ0) is 16.1. The standard InChI is InChI=1S/C16H14N2O4/c1-11(10-12-4-2-3-5-15(12)17)16(19)22-14-8-6-13(7-9-14)18(20)21/h2-10H,17H2,1H3/b11-10+. The van der Waals surface area contributed by atoms with Crippen LogP contribution in [0.4, 0.5) is 11.4 Å². The number of nitrogen functional groups attached to an aromatic ring is 1. The molecule has 0 saturated heterocycles. The van der Waals surface area contributed by atoms with Crippen molar-refractivity contribution in [2.24, 2.45) is 0 Å². The van der Waals surface area contributed by atoms with Gasteiger partial charge in [-0.3, -0.25) is 10.1 Å². The molecular formula is C16H14N2O4. The van der Waals surface area contributed by atoms with Gasteiger partial charge in [-0.05, 0) is 36.8 Å². The zero-order valence-corrected chi connectivity index (χ0v) is 11.9. The number of carbonyl (C=O) groups is 1. The average Bonchev–Trinajstić information content (AvgIpc) is 2.50. The minimum Gasteiger partial charge on any atom is -0.423 e. The molecule has 2 aromatic carbocycles. The van der Waals surface area contributed by atoms with Gasteiger partial charge in [-0.25, -0.2) is 4.79 Å². The third-order valence-electron chi connectivity index (χ3n) is 2.95. The normalized spacial score (nSPS) is 11.0. The lowest BCUT2D eigenvalue weighted by Gasteiger charge is -2.05. The predicted molar refractivity (Wildman–Crippen MR) is 83.2 cm³/mol. The first-order valence-corrected chi connectivity index (χ1v) is 6.47. The first-order chi connectivity index (χ1) is 10.5. The molecule has 2 aromatic rings. The van der Waals surface area contributed by atoms with Crippen LogP contribution in [0.15, 0.2) is 54.1 Å². The molecule has 2 N–H and O–H groups in total. The van der Waals surface area contributed by atoms with Crippen LogP contribution in [0.25, 0.3) is 6.08 Å². The van der Waals surface area contributed by atoms with Crippen molar-refractivity contribution in [1.82, 2.24) is 0 Å². The third-order valence-corrected chi connectivity index (χ3v) is 2.95. The van der Waals surface area contributed by atoms with Crippen LogP contribution in [0.5, 0.6) is 5.75 Å². The summed E-state index contributed by atoms with van der Waals surface area (Å²) >= 11 is 0. The molecule has 0 unspecified atom stereocenters. The number of esters is 1. The van der Waals surface area contributed by atoms with E-state index in [1.165, 1.54) is 24.3 Å². The van der Waals surface area contributed by atoms with E-state index < -0.39 is 10.9 Å². The van der Waals surface area contributed by atoms with Gasteiger partial charge in [-0.1, -0.05) is 18.2 Å². The van der Waals surface area contributed by atoms with Crippen molar-refractivity contribution >= 4 is 23.4 Å². The second-order valence-electron chi connectivity index (χ2n) is 4.60. The molecule has 0 aliphatic heterocycles. The Kier molecular flexibility index (Phi) is 4.53. The fraction of sp³-hybridized carbons (Fsp3) is 0.0625. The van der Waals surface area contributed by atoms with E-state index in [9.17, 15) is 14.9 Å².